The molecule has 2 rings (SSSR count). The number of hydrogen-bond donors (Lipinski definition) is 4. The van der Waals surface area contributed by atoms with Crippen molar-refractivity contribution in [2.24, 2.45) is 0 Å². The van der Waals surface area contributed by atoms with Gasteiger partial charge in [0.05, 0.1) is 6.10 Å². The van der Waals surface area contributed by atoms with Crippen LogP contribution in [0.5, 0.6) is 0 Å². The Hall–Kier alpha value is -2.09. The Balaban J connectivity index is 1.59. The van der Waals surface area contributed by atoms with E-state index in [1.54, 1.807) is 6.92 Å². The first-order valence-electron chi connectivity index (χ1n) is 7.58. The number of anilines is 1. The molecule has 22 heavy (non-hydrogen) atoms. The Morgan fingerprint density at radius 2 is 2.27 bits per heavy atom. The summed E-state index contributed by atoms with van der Waals surface area (Å²) >= 11 is 0. The number of aromatic nitrogens is 2. The lowest BCUT2D eigenvalue weighted by molar-refractivity contribution is 0.0185. The first-order valence-corrected chi connectivity index (χ1v) is 7.58. The number of aryl methyl sites for hydroxylation is 1. The van der Waals surface area contributed by atoms with Crippen LogP contribution in [0, 0.1) is 6.92 Å². The number of carbonyl (C=O) groups is 1. The Bertz CT molecular complexity index is 540. The molecule has 1 aromatic rings. The average molecular weight is 309 g/mol. The van der Waals surface area contributed by atoms with Crippen molar-refractivity contribution < 1.29 is 9.53 Å². The maximum atomic E-state index is 11.6. The van der Waals surface area contributed by atoms with Crippen molar-refractivity contribution in [1.82, 2.24) is 20.6 Å². The highest BCUT2D eigenvalue weighted by Crippen LogP contribution is 2.11. The van der Waals surface area contributed by atoms with Crippen LogP contribution < -0.4 is 21.5 Å². The minimum Gasteiger partial charge on any atom is -0.376 e. The summed E-state index contributed by atoms with van der Waals surface area (Å²) in [6.45, 7) is 3.96. The Morgan fingerprint density at radius 3 is 3.00 bits per heavy atom. The first kappa shape index (κ1) is 16.3. The van der Waals surface area contributed by atoms with E-state index in [0.717, 1.165) is 25.9 Å². The number of ether oxygens (including phenoxy) is 1. The van der Waals surface area contributed by atoms with Crippen molar-refractivity contribution in [3.63, 3.8) is 0 Å². The molecule has 1 fully saturated rings. The van der Waals surface area contributed by atoms with E-state index < -0.39 is 0 Å². The van der Waals surface area contributed by atoms with Crippen LogP contribution in [0.15, 0.2) is 10.9 Å². The van der Waals surface area contributed by atoms with E-state index in [9.17, 15) is 9.59 Å². The smallest absolute Gasteiger partial charge is 0.314 e. The molecule has 1 aromatic heterocycles. The van der Waals surface area contributed by atoms with Gasteiger partial charge in [0.2, 0.25) is 5.95 Å². The van der Waals surface area contributed by atoms with Gasteiger partial charge in [-0.05, 0) is 26.2 Å². The summed E-state index contributed by atoms with van der Waals surface area (Å²) in [5.41, 5.74) is 0.442. The summed E-state index contributed by atoms with van der Waals surface area (Å²) in [5.74, 6) is 0.405. The van der Waals surface area contributed by atoms with Crippen LogP contribution >= 0.6 is 0 Å². The van der Waals surface area contributed by atoms with Gasteiger partial charge in [-0.3, -0.25) is 9.78 Å². The highest BCUT2D eigenvalue weighted by molar-refractivity contribution is 5.73. The van der Waals surface area contributed by atoms with E-state index >= 15 is 0 Å². The molecule has 4 N–H and O–H groups in total. The zero-order valence-electron chi connectivity index (χ0n) is 12.8. The Kier molecular flexibility index (Phi) is 6.20. The van der Waals surface area contributed by atoms with Gasteiger partial charge in [0, 0.05) is 38.0 Å². The standard InChI is InChI=1S/C14H23N5O3/c1-10-8-12(20)19-13(18-10)15-5-6-16-14(21)17-9-11-4-2-3-7-22-11/h8,11H,2-7,9H2,1H3,(H2,16,17,21)(H2,15,18,19,20)/t11-/m0/s1. The molecule has 0 radical (unpaired) electrons. The third-order valence-corrected chi connectivity index (χ3v) is 3.34. The number of aromatic amines is 1. The number of urea groups is 1. The van der Waals surface area contributed by atoms with Crippen LogP contribution in [0.25, 0.3) is 0 Å². The molecule has 1 saturated heterocycles. The maximum Gasteiger partial charge on any atom is 0.314 e. The van der Waals surface area contributed by atoms with Crippen molar-refractivity contribution in [1.29, 1.82) is 0 Å². The molecular formula is C14H23N5O3. The Labute approximate surface area is 129 Å². The molecular weight excluding hydrogens is 286 g/mol. The van der Waals surface area contributed by atoms with Crippen LogP contribution in [-0.4, -0.2) is 48.3 Å². The third-order valence-electron chi connectivity index (χ3n) is 3.34. The summed E-state index contributed by atoms with van der Waals surface area (Å²) in [5, 5.41) is 8.48. The van der Waals surface area contributed by atoms with Crippen molar-refractivity contribution in [3.8, 4) is 0 Å². The largest absolute Gasteiger partial charge is 0.376 e. The van der Waals surface area contributed by atoms with Gasteiger partial charge >= 0.3 is 6.03 Å². The lowest BCUT2D eigenvalue weighted by atomic mass is 10.1. The second-order valence-corrected chi connectivity index (χ2v) is 5.29. The van der Waals surface area contributed by atoms with E-state index in [4.69, 9.17) is 4.74 Å². The normalized spacial score (nSPS) is 17.8. The first-order chi connectivity index (χ1) is 10.6. The Morgan fingerprint density at radius 1 is 1.41 bits per heavy atom. The van der Waals surface area contributed by atoms with E-state index in [2.05, 4.69) is 25.9 Å². The minimum absolute atomic E-state index is 0.124. The van der Waals surface area contributed by atoms with E-state index in [1.807, 2.05) is 0 Å². The van der Waals surface area contributed by atoms with Crippen molar-refractivity contribution in [2.75, 3.05) is 31.6 Å². The van der Waals surface area contributed by atoms with Crippen molar-refractivity contribution in [3.05, 3.63) is 22.1 Å². The van der Waals surface area contributed by atoms with Gasteiger partial charge in [0.15, 0.2) is 0 Å². The van der Waals surface area contributed by atoms with Crippen LogP contribution in [0.1, 0.15) is 25.0 Å². The second-order valence-electron chi connectivity index (χ2n) is 5.29. The quantitative estimate of drug-likeness (QED) is 0.567. The summed E-state index contributed by atoms with van der Waals surface area (Å²) in [7, 11) is 0. The average Bonchev–Trinajstić information content (AvgIpc) is 2.50. The fourth-order valence-electron chi connectivity index (χ4n) is 2.26. The van der Waals surface area contributed by atoms with Gasteiger partial charge in [-0.25, -0.2) is 9.78 Å². The number of nitrogens with one attached hydrogen (secondary N) is 4. The molecule has 8 nitrogen and oxygen atoms in total. The van der Waals surface area contributed by atoms with Crippen LogP contribution in [-0.2, 0) is 4.74 Å². The number of hydrogen-bond acceptors (Lipinski definition) is 5. The molecule has 0 unspecified atom stereocenters. The molecule has 2 heterocycles. The third kappa shape index (κ3) is 5.72. The molecule has 122 valence electrons. The molecule has 1 aliphatic heterocycles. The monoisotopic (exact) mass is 309 g/mol. The maximum absolute atomic E-state index is 11.6. The fourth-order valence-corrected chi connectivity index (χ4v) is 2.26. The van der Waals surface area contributed by atoms with Gasteiger partial charge in [0.1, 0.15) is 0 Å². The second kappa shape index (κ2) is 8.38. The van der Waals surface area contributed by atoms with Gasteiger partial charge < -0.3 is 20.7 Å². The molecule has 1 atom stereocenters. The summed E-state index contributed by atoms with van der Waals surface area (Å²) in [4.78, 5) is 29.6. The molecule has 2 amide bonds. The molecule has 0 aliphatic carbocycles. The fraction of sp³-hybridized carbons (Fsp3) is 0.643. The van der Waals surface area contributed by atoms with Crippen molar-refractivity contribution in [2.45, 2.75) is 32.3 Å². The molecule has 0 saturated carbocycles. The SMILES string of the molecule is Cc1cc(=O)[nH]c(NCCNC(=O)NC[C@@H]2CCCCO2)n1. The summed E-state index contributed by atoms with van der Waals surface area (Å²) in [6.07, 6.45) is 3.37. The number of H-pyrrole nitrogens is 1. The highest BCUT2D eigenvalue weighted by Gasteiger charge is 2.14. The van der Waals surface area contributed by atoms with E-state index in [1.165, 1.54) is 6.07 Å². The number of carbonyl (C=O) groups excluding carboxylic acids is 1. The van der Waals surface area contributed by atoms with Crippen LogP contribution in [0.2, 0.25) is 0 Å². The van der Waals surface area contributed by atoms with Gasteiger partial charge in [0.25, 0.3) is 5.56 Å². The van der Waals surface area contributed by atoms with Gasteiger partial charge in [-0.1, -0.05) is 0 Å². The number of rotatable bonds is 6. The molecule has 1 aliphatic rings. The predicted octanol–water partition coefficient (Wildman–Crippen LogP) is 0.359. The van der Waals surface area contributed by atoms with Gasteiger partial charge in [-0.2, -0.15) is 0 Å². The molecule has 0 aromatic carbocycles. The lowest BCUT2D eigenvalue weighted by Gasteiger charge is -2.22. The minimum atomic E-state index is -0.221. The number of amides is 2. The zero-order chi connectivity index (χ0) is 15.8. The van der Waals surface area contributed by atoms with E-state index in [-0.39, 0.29) is 17.7 Å². The topological polar surface area (TPSA) is 108 Å². The van der Waals surface area contributed by atoms with Crippen molar-refractivity contribution >= 4 is 12.0 Å². The zero-order valence-corrected chi connectivity index (χ0v) is 12.8. The molecule has 0 spiro atoms. The van der Waals surface area contributed by atoms with Crippen LogP contribution in [0.4, 0.5) is 10.7 Å². The summed E-state index contributed by atoms with van der Waals surface area (Å²) < 4.78 is 5.54. The molecule has 8 heteroatoms. The van der Waals surface area contributed by atoms with E-state index in [0.29, 0.717) is 31.3 Å². The highest BCUT2D eigenvalue weighted by atomic mass is 16.5. The summed E-state index contributed by atoms with van der Waals surface area (Å²) in [6, 6.07) is 1.20. The van der Waals surface area contributed by atoms with Crippen LogP contribution in [0.3, 0.4) is 0 Å². The molecule has 0 bridgehead atoms. The predicted molar refractivity (Wildman–Crippen MR) is 83.1 cm³/mol. The van der Waals surface area contributed by atoms with Gasteiger partial charge in [-0.15, -0.1) is 0 Å². The lowest BCUT2D eigenvalue weighted by Crippen LogP contribution is -2.42. The number of nitrogens with zero attached hydrogens (tertiary/aromatic N) is 1.